The summed E-state index contributed by atoms with van der Waals surface area (Å²) in [5.41, 5.74) is 0.0202. The molecule has 0 aromatic heterocycles. The van der Waals surface area contributed by atoms with Crippen LogP contribution in [0.5, 0.6) is 5.75 Å². The first-order valence-corrected chi connectivity index (χ1v) is 12.1. The number of rotatable bonds is 19. The standard InChI is InChI=1S/C26H47NO.BrH/c1-4-5-6-7-8-9-10-11-12-13-14-15-16-20-23-27-26(2,3)24-28-25-21-18-17-19-22-25;/h17-19,21-22,27H,4-16,20,23-24H2,1-3H3;1H. The van der Waals surface area contributed by atoms with Crippen LogP contribution in [0.2, 0.25) is 0 Å². The summed E-state index contributed by atoms with van der Waals surface area (Å²) in [7, 11) is 0. The van der Waals surface area contributed by atoms with Gasteiger partial charge >= 0.3 is 0 Å². The van der Waals surface area contributed by atoms with E-state index in [2.05, 4.69) is 26.1 Å². The van der Waals surface area contributed by atoms with Crippen molar-refractivity contribution in [2.24, 2.45) is 0 Å². The maximum Gasteiger partial charge on any atom is 0.119 e. The Kier molecular flexibility index (Phi) is 19.1. The Bertz CT molecular complexity index is 449. The fourth-order valence-corrected chi connectivity index (χ4v) is 3.58. The molecule has 29 heavy (non-hydrogen) atoms. The van der Waals surface area contributed by atoms with Crippen molar-refractivity contribution in [3.63, 3.8) is 0 Å². The van der Waals surface area contributed by atoms with Gasteiger partial charge in [-0.05, 0) is 38.9 Å². The second-order valence-corrected chi connectivity index (χ2v) is 9.01. The van der Waals surface area contributed by atoms with Crippen molar-refractivity contribution in [1.29, 1.82) is 0 Å². The minimum absolute atomic E-state index is 0. The van der Waals surface area contributed by atoms with Gasteiger partial charge in [0.05, 0.1) is 0 Å². The molecule has 0 spiro atoms. The smallest absolute Gasteiger partial charge is 0.119 e. The number of benzene rings is 1. The van der Waals surface area contributed by atoms with Gasteiger partial charge in [-0.3, -0.25) is 0 Å². The number of hydrogen-bond acceptors (Lipinski definition) is 2. The van der Waals surface area contributed by atoms with Gasteiger partial charge in [-0.25, -0.2) is 0 Å². The zero-order valence-corrected chi connectivity index (χ0v) is 21.2. The predicted molar refractivity (Wildman–Crippen MR) is 135 cm³/mol. The maximum absolute atomic E-state index is 5.88. The average molecular weight is 471 g/mol. The molecule has 1 aromatic rings. The minimum atomic E-state index is 0. The number of ether oxygens (including phenoxy) is 1. The second kappa shape index (κ2) is 19.4. The van der Waals surface area contributed by atoms with Gasteiger partial charge in [-0.2, -0.15) is 0 Å². The molecule has 1 N–H and O–H groups in total. The van der Waals surface area contributed by atoms with Gasteiger partial charge in [0.15, 0.2) is 0 Å². The SMILES string of the molecule is Br.CCCCCCCCCCCCCCCCNC(C)(C)COc1ccccc1. The summed E-state index contributed by atoms with van der Waals surface area (Å²) < 4.78 is 5.88. The first-order valence-electron chi connectivity index (χ1n) is 12.1. The highest BCUT2D eigenvalue weighted by Gasteiger charge is 2.17. The van der Waals surface area contributed by atoms with Crippen LogP contribution in [0, 0.1) is 0 Å². The van der Waals surface area contributed by atoms with E-state index in [1.165, 1.54) is 89.9 Å². The highest BCUT2D eigenvalue weighted by atomic mass is 79.9. The summed E-state index contributed by atoms with van der Waals surface area (Å²) in [4.78, 5) is 0. The topological polar surface area (TPSA) is 21.3 Å². The first kappa shape index (κ1) is 28.5. The summed E-state index contributed by atoms with van der Waals surface area (Å²) >= 11 is 0. The van der Waals surface area contributed by atoms with Crippen molar-refractivity contribution in [3.8, 4) is 5.75 Å². The molecule has 0 aliphatic carbocycles. The summed E-state index contributed by atoms with van der Waals surface area (Å²) in [5.74, 6) is 0.953. The van der Waals surface area contributed by atoms with Gasteiger partial charge in [-0.15, -0.1) is 17.0 Å². The van der Waals surface area contributed by atoms with Gasteiger partial charge in [0, 0.05) is 5.54 Å². The largest absolute Gasteiger partial charge is 0.492 e. The molecule has 3 heteroatoms. The van der Waals surface area contributed by atoms with Gasteiger partial charge in [-0.1, -0.05) is 109 Å². The van der Waals surface area contributed by atoms with Crippen LogP contribution in [0.15, 0.2) is 30.3 Å². The molecule has 2 nitrogen and oxygen atoms in total. The number of hydrogen-bond donors (Lipinski definition) is 1. The highest BCUT2D eigenvalue weighted by molar-refractivity contribution is 8.93. The number of nitrogens with one attached hydrogen (secondary N) is 1. The van der Waals surface area contributed by atoms with Crippen molar-refractivity contribution in [2.45, 2.75) is 116 Å². The van der Waals surface area contributed by atoms with E-state index in [0.29, 0.717) is 6.61 Å². The van der Waals surface area contributed by atoms with Gasteiger partial charge in [0.2, 0.25) is 0 Å². The molecule has 0 atom stereocenters. The molecule has 1 rings (SSSR count). The van der Waals surface area contributed by atoms with Crippen molar-refractivity contribution >= 4 is 17.0 Å². The molecule has 0 unspecified atom stereocenters. The lowest BCUT2D eigenvalue weighted by Crippen LogP contribution is -2.45. The lowest BCUT2D eigenvalue weighted by molar-refractivity contribution is 0.208. The van der Waals surface area contributed by atoms with Crippen LogP contribution >= 0.6 is 17.0 Å². The first-order chi connectivity index (χ1) is 13.6. The third kappa shape index (κ3) is 18.0. The molecule has 0 fully saturated rings. The Morgan fingerprint density at radius 1 is 0.690 bits per heavy atom. The van der Waals surface area contributed by atoms with E-state index in [9.17, 15) is 0 Å². The molecule has 0 saturated carbocycles. The van der Waals surface area contributed by atoms with E-state index in [1.807, 2.05) is 30.3 Å². The van der Waals surface area contributed by atoms with E-state index in [4.69, 9.17) is 4.74 Å². The maximum atomic E-state index is 5.88. The fraction of sp³-hybridized carbons (Fsp3) is 0.769. The van der Waals surface area contributed by atoms with E-state index >= 15 is 0 Å². The zero-order chi connectivity index (χ0) is 20.3. The molecule has 1 aromatic carbocycles. The lowest BCUT2D eigenvalue weighted by atomic mass is 10.0. The van der Waals surface area contributed by atoms with Crippen LogP contribution in [-0.4, -0.2) is 18.7 Å². The molecule has 170 valence electrons. The van der Waals surface area contributed by atoms with Crippen molar-refractivity contribution < 1.29 is 4.74 Å². The molecular weight excluding hydrogens is 422 g/mol. The van der Waals surface area contributed by atoms with Crippen LogP contribution < -0.4 is 10.1 Å². The molecular formula is C26H48BrNO. The predicted octanol–water partition coefficient (Wildman–Crippen LogP) is 8.49. The third-order valence-corrected chi connectivity index (χ3v) is 5.48. The third-order valence-electron chi connectivity index (χ3n) is 5.48. The number of halogens is 1. The van der Waals surface area contributed by atoms with Crippen LogP contribution in [0.1, 0.15) is 111 Å². The van der Waals surface area contributed by atoms with Crippen molar-refractivity contribution in [3.05, 3.63) is 30.3 Å². The summed E-state index contributed by atoms with van der Waals surface area (Å²) in [6.07, 6.45) is 19.8. The van der Waals surface area contributed by atoms with Crippen LogP contribution in [0.3, 0.4) is 0 Å². The minimum Gasteiger partial charge on any atom is -0.492 e. The van der Waals surface area contributed by atoms with Crippen LogP contribution in [-0.2, 0) is 0 Å². The highest BCUT2D eigenvalue weighted by Crippen LogP contribution is 2.14. The monoisotopic (exact) mass is 469 g/mol. The Labute approximate surface area is 192 Å². The van der Waals surface area contributed by atoms with E-state index in [-0.39, 0.29) is 22.5 Å². The molecule has 0 heterocycles. The average Bonchev–Trinajstić information content (AvgIpc) is 2.70. The van der Waals surface area contributed by atoms with Crippen LogP contribution in [0.25, 0.3) is 0 Å². The molecule has 0 aliphatic heterocycles. The summed E-state index contributed by atoms with van der Waals surface area (Å²) in [6.45, 7) is 8.53. The Hall–Kier alpha value is -0.540. The quantitative estimate of drug-likeness (QED) is 0.205. The zero-order valence-electron chi connectivity index (χ0n) is 19.5. The molecule has 0 amide bonds. The lowest BCUT2D eigenvalue weighted by Gasteiger charge is -2.26. The van der Waals surface area contributed by atoms with Gasteiger partial charge in [0.25, 0.3) is 0 Å². The summed E-state index contributed by atoms with van der Waals surface area (Å²) in [5, 5.41) is 3.65. The Morgan fingerprint density at radius 2 is 1.14 bits per heavy atom. The molecule has 0 bridgehead atoms. The molecule has 0 saturated heterocycles. The number of unbranched alkanes of at least 4 members (excludes halogenated alkanes) is 13. The number of para-hydroxylation sites is 1. The van der Waals surface area contributed by atoms with E-state index in [0.717, 1.165) is 12.3 Å². The second-order valence-electron chi connectivity index (χ2n) is 9.01. The fourth-order valence-electron chi connectivity index (χ4n) is 3.58. The van der Waals surface area contributed by atoms with Gasteiger partial charge in [0.1, 0.15) is 12.4 Å². The van der Waals surface area contributed by atoms with Gasteiger partial charge < -0.3 is 10.1 Å². The Balaban J connectivity index is 0.00000784. The Morgan fingerprint density at radius 3 is 1.62 bits per heavy atom. The molecule has 0 aliphatic rings. The normalized spacial score (nSPS) is 11.3. The molecule has 0 radical (unpaired) electrons. The van der Waals surface area contributed by atoms with Crippen molar-refractivity contribution in [1.82, 2.24) is 5.32 Å². The van der Waals surface area contributed by atoms with Crippen molar-refractivity contribution in [2.75, 3.05) is 13.2 Å². The van der Waals surface area contributed by atoms with E-state index in [1.54, 1.807) is 0 Å². The summed E-state index contributed by atoms with van der Waals surface area (Å²) in [6, 6.07) is 10.1. The van der Waals surface area contributed by atoms with E-state index < -0.39 is 0 Å². The van der Waals surface area contributed by atoms with Crippen LogP contribution in [0.4, 0.5) is 0 Å².